The standard InChI is InChI=1S/C17H26N2O3/c1-17(2,3)22-16(21)19-10-9-18(12-15(20)13-19)11-14-7-5-4-6-8-14/h4-8,15,20H,9-13H2,1-3H3. The number of carbonyl (C=O) groups is 1. The van der Waals surface area contributed by atoms with Crippen molar-refractivity contribution in [3.8, 4) is 0 Å². The van der Waals surface area contributed by atoms with Gasteiger partial charge in [-0.25, -0.2) is 4.79 Å². The van der Waals surface area contributed by atoms with Gasteiger partial charge in [0.1, 0.15) is 5.60 Å². The number of nitrogens with zero attached hydrogens (tertiary/aromatic N) is 2. The number of β-amino-alcohol motifs (C(OH)–C–C–N with tert-alkyl or cyclic N) is 1. The van der Waals surface area contributed by atoms with E-state index in [1.54, 1.807) is 4.90 Å². The molecule has 1 aromatic rings. The van der Waals surface area contributed by atoms with Crippen LogP contribution in [-0.2, 0) is 11.3 Å². The van der Waals surface area contributed by atoms with Crippen molar-refractivity contribution in [1.82, 2.24) is 9.80 Å². The van der Waals surface area contributed by atoms with E-state index in [2.05, 4.69) is 17.0 Å². The first kappa shape index (κ1) is 16.8. The van der Waals surface area contributed by atoms with Crippen LogP contribution in [0.2, 0.25) is 0 Å². The molecule has 0 bridgehead atoms. The van der Waals surface area contributed by atoms with E-state index < -0.39 is 11.7 Å². The Morgan fingerprint density at radius 1 is 1.23 bits per heavy atom. The van der Waals surface area contributed by atoms with Gasteiger partial charge in [-0.05, 0) is 26.3 Å². The average molecular weight is 306 g/mol. The van der Waals surface area contributed by atoms with Crippen LogP contribution >= 0.6 is 0 Å². The van der Waals surface area contributed by atoms with E-state index in [1.165, 1.54) is 5.56 Å². The minimum Gasteiger partial charge on any atom is -0.444 e. The normalized spacial score (nSPS) is 20.5. The fourth-order valence-electron chi connectivity index (χ4n) is 2.53. The second-order valence-electron chi connectivity index (χ2n) is 6.80. The molecule has 5 nitrogen and oxygen atoms in total. The van der Waals surface area contributed by atoms with Gasteiger partial charge >= 0.3 is 6.09 Å². The highest BCUT2D eigenvalue weighted by Crippen LogP contribution is 2.13. The lowest BCUT2D eigenvalue weighted by atomic mass is 10.2. The van der Waals surface area contributed by atoms with Gasteiger partial charge in [0.15, 0.2) is 0 Å². The summed E-state index contributed by atoms with van der Waals surface area (Å²) in [7, 11) is 0. The van der Waals surface area contributed by atoms with Gasteiger partial charge in [0.2, 0.25) is 0 Å². The molecule has 0 spiro atoms. The zero-order valence-electron chi connectivity index (χ0n) is 13.7. The number of rotatable bonds is 2. The highest BCUT2D eigenvalue weighted by atomic mass is 16.6. The van der Waals surface area contributed by atoms with Crippen molar-refractivity contribution in [3.05, 3.63) is 35.9 Å². The zero-order chi connectivity index (χ0) is 16.2. The van der Waals surface area contributed by atoms with Crippen LogP contribution in [0.15, 0.2) is 30.3 Å². The van der Waals surface area contributed by atoms with Gasteiger partial charge in [-0.15, -0.1) is 0 Å². The summed E-state index contributed by atoms with van der Waals surface area (Å²) in [6.07, 6.45) is -0.910. The summed E-state index contributed by atoms with van der Waals surface area (Å²) in [6.45, 7) is 8.50. The minimum atomic E-state index is -0.557. The topological polar surface area (TPSA) is 53.0 Å². The Bertz CT molecular complexity index is 484. The van der Waals surface area contributed by atoms with Crippen molar-refractivity contribution in [1.29, 1.82) is 0 Å². The first-order chi connectivity index (χ1) is 10.3. The van der Waals surface area contributed by atoms with E-state index in [0.29, 0.717) is 19.6 Å². The number of aliphatic hydroxyl groups is 1. The van der Waals surface area contributed by atoms with Crippen LogP contribution in [0.4, 0.5) is 4.79 Å². The van der Waals surface area contributed by atoms with Crippen LogP contribution in [0.3, 0.4) is 0 Å². The van der Waals surface area contributed by atoms with E-state index in [9.17, 15) is 9.90 Å². The maximum absolute atomic E-state index is 12.2. The van der Waals surface area contributed by atoms with Gasteiger partial charge in [0.05, 0.1) is 12.6 Å². The molecule has 1 amide bonds. The molecule has 1 atom stereocenters. The molecular formula is C17H26N2O3. The molecule has 0 radical (unpaired) electrons. The van der Waals surface area contributed by atoms with E-state index >= 15 is 0 Å². The lowest BCUT2D eigenvalue weighted by Gasteiger charge is -2.27. The minimum absolute atomic E-state index is 0.320. The van der Waals surface area contributed by atoms with Crippen LogP contribution in [0.25, 0.3) is 0 Å². The second-order valence-corrected chi connectivity index (χ2v) is 6.80. The fourth-order valence-corrected chi connectivity index (χ4v) is 2.53. The van der Waals surface area contributed by atoms with Crippen LogP contribution in [0, 0.1) is 0 Å². The highest BCUT2D eigenvalue weighted by Gasteiger charge is 2.27. The molecule has 1 aliphatic rings. The van der Waals surface area contributed by atoms with Gasteiger partial charge in [0, 0.05) is 26.2 Å². The third kappa shape index (κ3) is 5.31. The summed E-state index contributed by atoms with van der Waals surface area (Å²) in [5, 5.41) is 10.2. The molecule has 0 saturated carbocycles. The maximum Gasteiger partial charge on any atom is 0.410 e. The number of benzene rings is 1. The maximum atomic E-state index is 12.2. The number of aliphatic hydroxyl groups excluding tert-OH is 1. The smallest absolute Gasteiger partial charge is 0.410 e. The predicted molar refractivity (Wildman–Crippen MR) is 85.5 cm³/mol. The molecule has 1 saturated heterocycles. The number of carbonyl (C=O) groups excluding carboxylic acids is 1. The number of hydrogen-bond donors (Lipinski definition) is 1. The van der Waals surface area contributed by atoms with Crippen molar-refractivity contribution in [3.63, 3.8) is 0 Å². The number of hydrogen-bond acceptors (Lipinski definition) is 4. The largest absolute Gasteiger partial charge is 0.444 e. The number of ether oxygens (including phenoxy) is 1. The highest BCUT2D eigenvalue weighted by molar-refractivity contribution is 5.68. The molecule has 22 heavy (non-hydrogen) atoms. The fraction of sp³-hybridized carbons (Fsp3) is 0.588. The van der Waals surface area contributed by atoms with E-state index in [0.717, 1.165) is 13.1 Å². The Balaban J connectivity index is 1.94. The predicted octanol–water partition coefficient (Wildman–Crippen LogP) is 2.10. The Hall–Kier alpha value is -1.59. The van der Waals surface area contributed by atoms with Crippen molar-refractivity contribution in [2.45, 2.75) is 39.0 Å². The van der Waals surface area contributed by atoms with Gasteiger partial charge in [-0.1, -0.05) is 30.3 Å². The van der Waals surface area contributed by atoms with Crippen LogP contribution in [-0.4, -0.2) is 58.9 Å². The molecule has 1 aromatic carbocycles. The molecule has 1 aliphatic heterocycles. The molecule has 0 aliphatic carbocycles. The van der Waals surface area contributed by atoms with Crippen molar-refractivity contribution in [2.75, 3.05) is 26.2 Å². The molecule has 2 rings (SSSR count). The number of amides is 1. The van der Waals surface area contributed by atoms with Crippen LogP contribution in [0.1, 0.15) is 26.3 Å². The quantitative estimate of drug-likeness (QED) is 0.909. The second kappa shape index (κ2) is 7.11. The first-order valence-corrected chi connectivity index (χ1v) is 7.76. The van der Waals surface area contributed by atoms with Gasteiger partial charge in [-0.2, -0.15) is 0 Å². The molecular weight excluding hydrogens is 280 g/mol. The first-order valence-electron chi connectivity index (χ1n) is 7.76. The lowest BCUT2D eigenvalue weighted by Crippen LogP contribution is -2.41. The lowest BCUT2D eigenvalue weighted by molar-refractivity contribution is 0.0185. The van der Waals surface area contributed by atoms with Crippen molar-refractivity contribution in [2.24, 2.45) is 0 Å². The van der Waals surface area contributed by atoms with Crippen molar-refractivity contribution >= 4 is 6.09 Å². The molecule has 0 aromatic heterocycles. The molecule has 1 N–H and O–H groups in total. The average Bonchev–Trinajstić information content (AvgIpc) is 2.60. The van der Waals surface area contributed by atoms with Crippen LogP contribution in [0.5, 0.6) is 0 Å². The zero-order valence-corrected chi connectivity index (χ0v) is 13.7. The molecule has 122 valence electrons. The Kier molecular flexibility index (Phi) is 5.42. The molecule has 1 fully saturated rings. The summed E-state index contributed by atoms with van der Waals surface area (Å²) < 4.78 is 5.39. The van der Waals surface area contributed by atoms with Crippen LogP contribution < -0.4 is 0 Å². The molecule has 1 unspecified atom stereocenters. The summed E-state index contributed by atoms with van der Waals surface area (Å²) in [6, 6.07) is 10.2. The third-order valence-corrected chi connectivity index (χ3v) is 3.49. The van der Waals surface area contributed by atoms with Gasteiger partial charge < -0.3 is 14.7 Å². The SMILES string of the molecule is CC(C)(C)OC(=O)N1CCN(Cc2ccccc2)CC(O)C1. The van der Waals surface area contributed by atoms with E-state index in [-0.39, 0.29) is 6.09 Å². The summed E-state index contributed by atoms with van der Waals surface area (Å²) >= 11 is 0. The van der Waals surface area contributed by atoms with Gasteiger partial charge in [-0.3, -0.25) is 4.90 Å². The third-order valence-electron chi connectivity index (χ3n) is 3.49. The Labute approximate surface area is 132 Å². The summed E-state index contributed by atoms with van der Waals surface area (Å²) in [4.78, 5) is 15.9. The molecule has 5 heteroatoms. The van der Waals surface area contributed by atoms with E-state index in [1.807, 2.05) is 39.0 Å². The van der Waals surface area contributed by atoms with E-state index in [4.69, 9.17) is 4.74 Å². The molecule has 1 heterocycles. The summed E-state index contributed by atoms with van der Waals surface area (Å²) in [5.74, 6) is 0. The Morgan fingerprint density at radius 3 is 2.55 bits per heavy atom. The monoisotopic (exact) mass is 306 g/mol. The van der Waals surface area contributed by atoms with Crippen molar-refractivity contribution < 1.29 is 14.6 Å². The van der Waals surface area contributed by atoms with Gasteiger partial charge in [0.25, 0.3) is 0 Å². The Morgan fingerprint density at radius 2 is 1.91 bits per heavy atom. The summed E-state index contributed by atoms with van der Waals surface area (Å²) in [5.41, 5.74) is 0.693.